The Morgan fingerprint density at radius 3 is 2.63 bits per heavy atom. The van der Waals surface area contributed by atoms with E-state index in [4.69, 9.17) is 4.74 Å². The number of nitro benzene ring substituents is 1. The van der Waals surface area contributed by atoms with Crippen LogP contribution in [0, 0.1) is 42.2 Å². The first kappa shape index (κ1) is 21.0. The molecule has 3 aromatic rings. The largest absolute Gasteiger partial charge is 0.490 e. The molecule has 0 saturated carbocycles. The molecule has 3 rings (SSSR count). The van der Waals surface area contributed by atoms with Crippen LogP contribution in [0.2, 0.25) is 0 Å². The van der Waals surface area contributed by atoms with Gasteiger partial charge in [-0.1, -0.05) is 12.1 Å². The molecule has 2 aromatic carbocycles. The van der Waals surface area contributed by atoms with Crippen LogP contribution in [-0.4, -0.2) is 17.0 Å². The molecule has 0 bridgehead atoms. The lowest BCUT2D eigenvalue weighted by Gasteiger charge is -2.09. The van der Waals surface area contributed by atoms with E-state index in [1.165, 1.54) is 35.6 Å². The van der Waals surface area contributed by atoms with Gasteiger partial charge in [0.15, 0.2) is 5.75 Å². The van der Waals surface area contributed by atoms with Gasteiger partial charge in [0.05, 0.1) is 17.7 Å². The van der Waals surface area contributed by atoms with Crippen molar-refractivity contribution in [3.8, 4) is 23.1 Å². The van der Waals surface area contributed by atoms with Gasteiger partial charge in [-0.15, -0.1) is 11.3 Å². The van der Waals surface area contributed by atoms with Gasteiger partial charge in [0.25, 0.3) is 0 Å². The van der Waals surface area contributed by atoms with Gasteiger partial charge in [0, 0.05) is 35.0 Å². The Hall–Kier alpha value is -3.70. The third-order valence-electron chi connectivity index (χ3n) is 4.75. The number of allylic oxidation sites excluding steroid dienone is 1. The molecule has 0 atom stereocenters. The molecule has 0 radical (unpaired) electrons. The lowest BCUT2D eigenvalue weighted by atomic mass is 10.1. The van der Waals surface area contributed by atoms with Crippen molar-refractivity contribution in [2.75, 3.05) is 12.4 Å². The summed E-state index contributed by atoms with van der Waals surface area (Å²) in [6.07, 6.45) is 1.55. The molecule has 1 N–H and O–H groups in total. The summed E-state index contributed by atoms with van der Waals surface area (Å²) < 4.78 is 5.11. The fourth-order valence-electron chi connectivity index (χ4n) is 2.86. The van der Waals surface area contributed by atoms with Gasteiger partial charge in [-0.3, -0.25) is 10.1 Å². The highest BCUT2D eigenvalue weighted by molar-refractivity contribution is 7.11. The first-order valence-electron chi connectivity index (χ1n) is 9.07. The van der Waals surface area contributed by atoms with Crippen molar-refractivity contribution in [2.45, 2.75) is 20.8 Å². The quantitative estimate of drug-likeness (QED) is 0.315. The molecule has 0 saturated heterocycles. The van der Waals surface area contributed by atoms with Crippen molar-refractivity contribution in [1.29, 1.82) is 5.26 Å². The van der Waals surface area contributed by atoms with E-state index in [-0.39, 0.29) is 11.4 Å². The van der Waals surface area contributed by atoms with Gasteiger partial charge in [-0.25, -0.2) is 4.98 Å². The Labute approximate surface area is 178 Å². The van der Waals surface area contributed by atoms with E-state index in [1.54, 1.807) is 19.2 Å². The highest BCUT2D eigenvalue weighted by Crippen LogP contribution is 2.33. The minimum atomic E-state index is -0.490. The topological polar surface area (TPSA) is 101 Å². The van der Waals surface area contributed by atoms with Crippen LogP contribution in [0.25, 0.3) is 16.8 Å². The molecule has 30 heavy (non-hydrogen) atoms. The van der Waals surface area contributed by atoms with Crippen LogP contribution in [-0.2, 0) is 0 Å². The summed E-state index contributed by atoms with van der Waals surface area (Å²) in [4.78, 5) is 15.3. The van der Waals surface area contributed by atoms with E-state index < -0.39 is 4.92 Å². The number of thiazole rings is 1. The van der Waals surface area contributed by atoms with Gasteiger partial charge in [-0.2, -0.15) is 5.26 Å². The molecule has 152 valence electrons. The second kappa shape index (κ2) is 8.76. The van der Waals surface area contributed by atoms with Crippen molar-refractivity contribution >= 4 is 28.3 Å². The zero-order valence-electron chi connectivity index (χ0n) is 17.0. The van der Waals surface area contributed by atoms with Gasteiger partial charge in [-0.05, 0) is 43.5 Å². The Bertz CT molecular complexity index is 1190. The Morgan fingerprint density at radius 2 is 2.00 bits per heavy atom. The number of methoxy groups -OCH3 is 1. The number of aryl methyl sites for hydroxylation is 3. The minimum Gasteiger partial charge on any atom is -0.490 e. The molecule has 0 aliphatic rings. The highest BCUT2D eigenvalue weighted by Gasteiger charge is 2.17. The molecular weight excluding hydrogens is 400 g/mol. The number of hydrogen-bond donors (Lipinski definition) is 1. The zero-order valence-corrected chi connectivity index (χ0v) is 17.8. The number of ether oxygens (including phenoxy) is 1. The number of hydrogen-bond acceptors (Lipinski definition) is 7. The van der Waals surface area contributed by atoms with Crippen LogP contribution >= 0.6 is 11.3 Å². The Morgan fingerprint density at radius 1 is 1.23 bits per heavy atom. The molecule has 7 nitrogen and oxygen atoms in total. The lowest BCUT2D eigenvalue weighted by molar-refractivity contribution is -0.385. The molecule has 0 spiro atoms. The second-order valence-electron chi connectivity index (χ2n) is 6.75. The maximum atomic E-state index is 11.1. The minimum absolute atomic E-state index is 0.108. The molecule has 0 aliphatic heterocycles. The summed E-state index contributed by atoms with van der Waals surface area (Å²) in [5.74, 6) is 0.145. The molecule has 0 aliphatic carbocycles. The molecular formula is C22H20N4O3S. The molecule has 1 heterocycles. The van der Waals surface area contributed by atoms with Crippen molar-refractivity contribution in [3.05, 3.63) is 73.7 Å². The fourth-order valence-corrected chi connectivity index (χ4v) is 3.65. The molecule has 0 unspecified atom stereocenters. The van der Waals surface area contributed by atoms with E-state index in [9.17, 15) is 15.4 Å². The number of rotatable bonds is 6. The monoisotopic (exact) mass is 420 g/mol. The van der Waals surface area contributed by atoms with Crippen molar-refractivity contribution in [1.82, 2.24) is 4.98 Å². The van der Waals surface area contributed by atoms with E-state index in [1.807, 2.05) is 11.4 Å². The van der Waals surface area contributed by atoms with Crippen LogP contribution in [0.5, 0.6) is 5.75 Å². The fraction of sp³-hybridized carbons (Fsp3) is 0.182. The third kappa shape index (κ3) is 4.31. The predicted octanol–water partition coefficient (Wildman–Crippen LogP) is 5.63. The SMILES string of the molecule is COc1cc(NC=C(C#N)c2nc(-c3ccc(C)c(C)c3)cs2)c(C)cc1[N+](=O)[O-]. The standard InChI is InChI=1S/C22H20N4O3S/c1-13-5-6-16(7-14(13)2)19-12-30-22(25-19)17(10-23)11-24-18-9-21(29-4)20(26(27)28)8-15(18)3/h5-9,11-12,24H,1-4H3. The van der Waals surface area contributed by atoms with Crippen LogP contribution in [0.4, 0.5) is 11.4 Å². The van der Waals surface area contributed by atoms with Gasteiger partial charge in [0.2, 0.25) is 0 Å². The third-order valence-corrected chi connectivity index (χ3v) is 5.63. The number of nitrogens with one attached hydrogen (secondary N) is 1. The van der Waals surface area contributed by atoms with E-state index in [0.717, 1.165) is 11.3 Å². The summed E-state index contributed by atoms with van der Waals surface area (Å²) in [5, 5.41) is 26.3. The van der Waals surface area contributed by atoms with Gasteiger partial charge >= 0.3 is 5.69 Å². The van der Waals surface area contributed by atoms with E-state index >= 15 is 0 Å². The normalized spacial score (nSPS) is 11.1. The highest BCUT2D eigenvalue weighted by atomic mass is 32.1. The lowest BCUT2D eigenvalue weighted by Crippen LogP contribution is -1.99. The first-order valence-corrected chi connectivity index (χ1v) is 9.95. The summed E-state index contributed by atoms with van der Waals surface area (Å²) in [5.41, 5.74) is 5.73. The Balaban J connectivity index is 1.89. The average molecular weight is 420 g/mol. The van der Waals surface area contributed by atoms with Crippen LogP contribution in [0.15, 0.2) is 41.9 Å². The summed E-state index contributed by atoms with van der Waals surface area (Å²) >= 11 is 1.38. The van der Waals surface area contributed by atoms with E-state index in [2.05, 4.69) is 42.4 Å². The Kier molecular flexibility index (Phi) is 6.14. The molecule has 0 amide bonds. The van der Waals surface area contributed by atoms with Gasteiger partial charge in [0.1, 0.15) is 16.6 Å². The van der Waals surface area contributed by atoms with Crippen LogP contribution < -0.4 is 10.1 Å². The maximum Gasteiger partial charge on any atom is 0.311 e. The number of benzene rings is 2. The van der Waals surface area contributed by atoms with Crippen LogP contribution in [0.1, 0.15) is 21.7 Å². The smallest absolute Gasteiger partial charge is 0.311 e. The number of anilines is 1. The van der Waals surface area contributed by atoms with Crippen molar-refractivity contribution in [2.24, 2.45) is 0 Å². The summed E-state index contributed by atoms with van der Waals surface area (Å²) in [6, 6.07) is 11.3. The number of nitrogens with zero attached hydrogens (tertiary/aromatic N) is 3. The van der Waals surface area contributed by atoms with E-state index in [0.29, 0.717) is 21.8 Å². The molecule has 1 aromatic heterocycles. The summed E-state index contributed by atoms with van der Waals surface area (Å²) in [7, 11) is 1.38. The zero-order chi connectivity index (χ0) is 21.8. The number of aromatic nitrogens is 1. The number of nitro groups is 1. The summed E-state index contributed by atoms with van der Waals surface area (Å²) in [6.45, 7) is 5.86. The van der Waals surface area contributed by atoms with Crippen molar-refractivity contribution in [3.63, 3.8) is 0 Å². The maximum absolute atomic E-state index is 11.1. The van der Waals surface area contributed by atoms with Crippen molar-refractivity contribution < 1.29 is 9.66 Å². The van der Waals surface area contributed by atoms with Crippen LogP contribution in [0.3, 0.4) is 0 Å². The second-order valence-corrected chi connectivity index (χ2v) is 7.61. The number of nitriles is 1. The first-order chi connectivity index (χ1) is 14.3. The molecule has 8 heteroatoms. The average Bonchev–Trinajstić information content (AvgIpc) is 3.21. The molecule has 0 fully saturated rings. The predicted molar refractivity (Wildman–Crippen MR) is 119 cm³/mol. The van der Waals surface area contributed by atoms with Gasteiger partial charge < -0.3 is 10.1 Å².